The molecular formula is C14H19FN2O4. The second-order valence-electron chi connectivity index (χ2n) is 4.81. The highest BCUT2D eigenvalue weighted by atomic mass is 19.1. The van der Waals surface area contributed by atoms with Crippen LogP contribution in [-0.4, -0.2) is 55.5 Å². The lowest BCUT2D eigenvalue weighted by Gasteiger charge is -2.31. The minimum absolute atomic E-state index is 0.0242. The summed E-state index contributed by atoms with van der Waals surface area (Å²) in [5, 5.41) is 12.2. The second-order valence-corrected chi connectivity index (χ2v) is 4.81. The molecule has 6 nitrogen and oxygen atoms in total. The van der Waals surface area contributed by atoms with Crippen molar-refractivity contribution in [3.8, 4) is 11.5 Å². The summed E-state index contributed by atoms with van der Waals surface area (Å²) in [5.74, 6) is 0.130. The topological polar surface area (TPSA) is 71.0 Å². The molecule has 2 rings (SSSR count). The van der Waals surface area contributed by atoms with Crippen molar-refractivity contribution in [3.05, 3.63) is 24.0 Å². The highest BCUT2D eigenvalue weighted by Crippen LogP contribution is 2.22. The maximum absolute atomic E-state index is 13.7. The van der Waals surface area contributed by atoms with Crippen LogP contribution < -0.4 is 14.8 Å². The van der Waals surface area contributed by atoms with Gasteiger partial charge < -0.3 is 24.8 Å². The number of ether oxygens (including phenoxy) is 2. The SMILES string of the molecule is COc1ccc(OCC[C@@H]2CN(C(=O)O)CCN2)c(F)c1. The summed E-state index contributed by atoms with van der Waals surface area (Å²) in [6.07, 6.45) is -0.307. The van der Waals surface area contributed by atoms with Gasteiger partial charge in [-0.3, -0.25) is 0 Å². The molecule has 0 unspecified atom stereocenters. The van der Waals surface area contributed by atoms with Crippen LogP contribution in [0.25, 0.3) is 0 Å². The average molecular weight is 298 g/mol. The first-order valence-corrected chi connectivity index (χ1v) is 6.77. The number of carbonyl (C=O) groups is 1. The Morgan fingerprint density at radius 3 is 3.05 bits per heavy atom. The number of carboxylic acid groups (broad SMARTS) is 1. The average Bonchev–Trinajstić information content (AvgIpc) is 2.49. The van der Waals surface area contributed by atoms with Crippen LogP contribution in [0.15, 0.2) is 18.2 Å². The molecule has 1 amide bonds. The van der Waals surface area contributed by atoms with Crippen molar-refractivity contribution in [1.29, 1.82) is 0 Å². The van der Waals surface area contributed by atoms with E-state index in [1.807, 2.05) is 0 Å². The normalized spacial score (nSPS) is 18.4. The van der Waals surface area contributed by atoms with E-state index in [-0.39, 0.29) is 11.8 Å². The number of benzene rings is 1. The molecule has 1 aliphatic heterocycles. The largest absolute Gasteiger partial charge is 0.497 e. The van der Waals surface area contributed by atoms with Gasteiger partial charge in [0.05, 0.1) is 13.7 Å². The third-order valence-corrected chi connectivity index (χ3v) is 3.39. The van der Waals surface area contributed by atoms with Crippen LogP contribution in [0.1, 0.15) is 6.42 Å². The van der Waals surface area contributed by atoms with Gasteiger partial charge in [-0.1, -0.05) is 0 Å². The number of nitrogens with zero attached hydrogens (tertiary/aromatic N) is 1. The van der Waals surface area contributed by atoms with Crippen molar-refractivity contribution >= 4 is 6.09 Å². The molecule has 7 heteroatoms. The summed E-state index contributed by atoms with van der Waals surface area (Å²) in [4.78, 5) is 12.3. The summed E-state index contributed by atoms with van der Waals surface area (Å²) in [6.45, 7) is 1.84. The number of hydrogen-bond acceptors (Lipinski definition) is 4. The van der Waals surface area contributed by atoms with Crippen LogP contribution >= 0.6 is 0 Å². The molecular weight excluding hydrogens is 279 g/mol. The van der Waals surface area contributed by atoms with E-state index in [9.17, 15) is 9.18 Å². The molecule has 2 N–H and O–H groups in total. The van der Waals surface area contributed by atoms with Gasteiger partial charge in [0.25, 0.3) is 0 Å². The van der Waals surface area contributed by atoms with Crippen molar-refractivity contribution in [2.24, 2.45) is 0 Å². The number of hydrogen-bond donors (Lipinski definition) is 2. The first-order valence-electron chi connectivity index (χ1n) is 6.77. The van der Waals surface area contributed by atoms with Crippen molar-refractivity contribution in [1.82, 2.24) is 10.2 Å². The van der Waals surface area contributed by atoms with Crippen LogP contribution in [0.2, 0.25) is 0 Å². The van der Waals surface area contributed by atoms with E-state index in [0.29, 0.717) is 38.4 Å². The Hall–Kier alpha value is -2.02. The van der Waals surface area contributed by atoms with Gasteiger partial charge in [-0.15, -0.1) is 0 Å². The van der Waals surface area contributed by atoms with E-state index in [4.69, 9.17) is 14.6 Å². The Bertz CT molecular complexity index is 498. The van der Waals surface area contributed by atoms with E-state index in [1.165, 1.54) is 24.1 Å². The van der Waals surface area contributed by atoms with Gasteiger partial charge >= 0.3 is 6.09 Å². The van der Waals surface area contributed by atoms with E-state index >= 15 is 0 Å². The number of amides is 1. The minimum atomic E-state index is -0.913. The van der Waals surface area contributed by atoms with Crippen LogP contribution in [0, 0.1) is 5.82 Å². The maximum atomic E-state index is 13.7. The number of methoxy groups -OCH3 is 1. The third-order valence-electron chi connectivity index (χ3n) is 3.39. The van der Waals surface area contributed by atoms with Crippen LogP contribution in [0.4, 0.5) is 9.18 Å². The molecule has 1 saturated heterocycles. The highest BCUT2D eigenvalue weighted by Gasteiger charge is 2.22. The smallest absolute Gasteiger partial charge is 0.407 e. The Kier molecular flexibility index (Phi) is 5.21. The lowest BCUT2D eigenvalue weighted by atomic mass is 10.1. The van der Waals surface area contributed by atoms with Gasteiger partial charge in [0.1, 0.15) is 5.75 Å². The summed E-state index contributed by atoms with van der Waals surface area (Å²) >= 11 is 0. The monoisotopic (exact) mass is 298 g/mol. The predicted molar refractivity (Wildman–Crippen MR) is 74.5 cm³/mol. The van der Waals surface area contributed by atoms with Crippen LogP contribution in [0.5, 0.6) is 11.5 Å². The molecule has 0 saturated carbocycles. The lowest BCUT2D eigenvalue weighted by Crippen LogP contribution is -2.52. The van der Waals surface area contributed by atoms with Gasteiger partial charge in [-0.2, -0.15) is 0 Å². The lowest BCUT2D eigenvalue weighted by molar-refractivity contribution is 0.124. The fourth-order valence-corrected chi connectivity index (χ4v) is 2.23. The maximum Gasteiger partial charge on any atom is 0.407 e. The molecule has 0 radical (unpaired) electrons. The number of halogens is 1. The summed E-state index contributed by atoms with van der Waals surface area (Å²) in [5.41, 5.74) is 0. The zero-order valence-corrected chi connectivity index (χ0v) is 11.8. The zero-order chi connectivity index (χ0) is 15.2. The molecule has 1 aromatic carbocycles. The molecule has 1 aromatic rings. The Morgan fingerprint density at radius 1 is 1.57 bits per heavy atom. The molecule has 0 spiro atoms. The second kappa shape index (κ2) is 7.12. The van der Waals surface area contributed by atoms with Gasteiger partial charge in [0.15, 0.2) is 11.6 Å². The quantitative estimate of drug-likeness (QED) is 0.863. The van der Waals surface area contributed by atoms with Crippen LogP contribution in [-0.2, 0) is 0 Å². The first kappa shape index (κ1) is 15.4. The van der Waals surface area contributed by atoms with Crippen molar-refractivity contribution in [2.45, 2.75) is 12.5 Å². The fourth-order valence-electron chi connectivity index (χ4n) is 2.23. The summed E-state index contributed by atoms with van der Waals surface area (Å²) in [6, 6.07) is 4.44. The Morgan fingerprint density at radius 2 is 2.38 bits per heavy atom. The van der Waals surface area contributed by atoms with Crippen LogP contribution in [0.3, 0.4) is 0 Å². The summed E-state index contributed by atoms with van der Waals surface area (Å²) in [7, 11) is 1.47. The molecule has 1 heterocycles. The molecule has 0 bridgehead atoms. The van der Waals surface area contributed by atoms with Gasteiger partial charge in [-0.05, 0) is 18.6 Å². The number of rotatable bonds is 5. The third kappa shape index (κ3) is 4.22. The first-order chi connectivity index (χ1) is 10.1. The van der Waals surface area contributed by atoms with E-state index in [0.717, 1.165) is 0 Å². The van der Waals surface area contributed by atoms with E-state index in [2.05, 4.69) is 5.32 Å². The summed E-state index contributed by atoms with van der Waals surface area (Å²) < 4.78 is 24.0. The van der Waals surface area contributed by atoms with Crippen molar-refractivity contribution < 1.29 is 23.8 Å². The molecule has 0 aliphatic carbocycles. The molecule has 1 aliphatic rings. The predicted octanol–water partition coefficient (Wildman–Crippen LogP) is 1.55. The van der Waals surface area contributed by atoms with Gasteiger partial charge in [0, 0.05) is 31.7 Å². The number of nitrogens with one attached hydrogen (secondary N) is 1. The minimum Gasteiger partial charge on any atom is -0.497 e. The molecule has 1 fully saturated rings. The van der Waals surface area contributed by atoms with E-state index in [1.54, 1.807) is 6.07 Å². The van der Waals surface area contributed by atoms with E-state index < -0.39 is 11.9 Å². The molecule has 21 heavy (non-hydrogen) atoms. The standard InChI is InChI=1S/C14H19FN2O4/c1-20-11-2-3-13(12(15)8-11)21-7-4-10-9-17(14(18)19)6-5-16-10/h2-3,8,10,16H,4-7,9H2,1H3,(H,18,19)/t10-/m1/s1. The number of piperazine rings is 1. The Labute approximate surface area is 122 Å². The van der Waals surface area contributed by atoms with Gasteiger partial charge in [-0.25, -0.2) is 9.18 Å². The molecule has 116 valence electrons. The van der Waals surface area contributed by atoms with Gasteiger partial charge in [0.2, 0.25) is 0 Å². The van der Waals surface area contributed by atoms with Crippen molar-refractivity contribution in [3.63, 3.8) is 0 Å². The highest BCUT2D eigenvalue weighted by molar-refractivity contribution is 5.65. The van der Waals surface area contributed by atoms with Crippen molar-refractivity contribution in [2.75, 3.05) is 33.4 Å². The fraction of sp³-hybridized carbons (Fsp3) is 0.500. The Balaban J connectivity index is 1.80. The zero-order valence-electron chi connectivity index (χ0n) is 11.8. The molecule has 0 aromatic heterocycles. The molecule has 1 atom stereocenters.